The molecule has 0 aliphatic heterocycles. The van der Waals surface area contributed by atoms with Crippen LogP contribution in [0.15, 0.2) is 12.4 Å². The average Bonchev–Trinajstić information content (AvgIpc) is 2.64. The van der Waals surface area contributed by atoms with Gasteiger partial charge in [0.25, 0.3) is 0 Å². The number of anilines is 1. The molecule has 0 saturated heterocycles. The smallest absolute Gasteiger partial charge is 0.202 e. The number of rotatable bonds is 6. The zero-order valence-electron chi connectivity index (χ0n) is 10.3. The zero-order valence-corrected chi connectivity index (χ0v) is 10.3. The second-order valence-corrected chi connectivity index (χ2v) is 4.33. The average molecular weight is 209 g/mol. The summed E-state index contributed by atoms with van der Waals surface area (Å²) >= 11 is 0. The van der Waals surface area contributed by atoms with Gasteiger partial charge in [-0.3, -0.25) is 0 Å². The number of imidazole rings is 1. The highest BCUT2D eigenvalue weighted by Gasteiger charge is 2.09. The van der Waals surface area contributed by atoms with E-state index in [0.717, 1.165) is 18.4 Å². The Kier molecular flexibility index (Phi) is 4.66. The summed E-state index contributed by atoms with van der Waals surface area (Å²) < 4.78 is 2.13. The molecule has 2 unspecified atom stereocenters. The van der Waals surface area contributed by atoms with Gasteiger partial charge in [-0.05, 0) is 26.2 Å². The van der Waals surface area contributed by atoms with Crippen molar-refractivity contribution >= 4 is 5.95 Å². The molecule has 1 N–H and O–H groups in total. The van der Waals surface area contributed by atoms with Gasteiger partial charge in [0.05, 0.1) is 0 Å². The van der Waals surface area contributed by atoms with E-state index in [2.05, 4.69) is 42.6 Å². The van der Waals surface area contributed by atoms with Crippen molar-refractivity contribution in [2.24, 2.45) is 5.92 Å². The molecular weight excluding hydrogens is 186 g/mol. The molecule has 0 aliphatic carbocycles. The van der Waals surface area contributed by atoms with E-state index in [1.807, 2.05) is 12.4 Å². The lowest BCUT2D eigenvalue weighted by molar-refractivity contribution is 0.481. The first-order chi connectivity index (χ1) is 7.17. The number of hydrogen-bond acceptors (Lipinski definition) is 2. The van der Waals surface area contributed by atoms with Gasteiger partial charge in [-0.1, -0.05) is 20.3 Å². The fraction of sp³-hybridized carbons (Fsp3) is 0.750. The maximum absolute atomic E-state index is 4.31. The maximum atomic E-state index is 4.31. The van der Waals surface area contributed by atoms with Crippen molar-refractivity contribution < 1.29 is 0 Å². The van der Waals surface area contributed by atoms with Crippen LogP contribution in [0.5, 0.6) is 0 Å². The maximum Gasteiger partial charge on any atom is 0.202 e. The van der Waals surface area contributed by atoms with Crippen LogP contribution < -0.4 is 5.32 Å². The third-order valence-electron chi connectivity index (χ3n) is 2.88. The lowest BCUT2D eigenvalue weighted by Crippen LogP contribution is -2.20. The minimum atomic E-state index is 0.493. The first kappa shape index (κ1) is 12.1. The van der Waals surface area contributed by atoms with E-state index >= 15 is 0 Å². The molecule has 3 heteroatoms. The van der Waals surface area contributed by atoms with Gasteiger partial charge in [0.15, 0.2) is 0 Å². The van der Waals surface area contributed by atoms with Gasteiger partial charge >= 0.3 is 0 Å². The minimum Gasteiger partial charge on any atom is -0.353 e. The summed E-state index contributed by atoms with van der Waals surface area (Å²) in [5.74, 6) is 1.77. The van der Waals surface area contributed by atoms with Crippen LogP contribution in [0.4, 0.5) is 5.95 Å². The van der Waals surface area contributed by atoms with Gasteiger partial charge in [-0.2, -0.15) is 0 Å². The molecule has 3 nitrogen and oxygen atoms in total. The summed E-state index contributed by atoms with van der Waals surface area (Å²) in [6.45, 7) is 9.86. The summed E-state index contributed by atoms with van der Waals surface area (Å²) in [5.41, 5.74) is 0. The van der Waals surface area contributed by atoms with Crippen molar-refractivity contribution in [3.8, 4) is 0 Å². The summed E-state index contributed by atoms with van der Waals surface area (Å²) in [4.78, 5) is 4.31. The molecule has 0 radical (unpaired) electrons. The van der Waals surface area contributed by atoms with Gasteiger partial charge in [0.1, 0.15) is 0 Å². The molecule has 1 heterocycles. The van der Waals surface area contributed by atoms with Gasteiger partial charge < -0.3 is 9.88 Å². The summed E-state index contributed by atoms with van der Waals surface area (Å²) in [6, 6.07) is 0.493. The van der Waals surface area contributed by atoms with E-state index in [0.29, 0.717) is 6.04 Å². The molecule has 0 spiro atoms. The van der Waals surface area contributed by atoms with Gasteiger partial charge in [-0.25, -0.2) is 4.98 Å². The first-order valence-corrected chi connectivity index (χ1v) is 5.95. The van der Waals surface area contributed by atoms with Gasteiger partial charge in [0.2, 0.25) is 5.95 Å². The Morgan fingerprint density at radius 3 is 2.73 bits per heavy atom. The molecule has 2 atom stereocenters. The van der Waals surface area contributed by atoms with Crippen LogP contribution in [0.3, 0.4) is 0 Å². The van der Waals surface area contributed by atoms with Crippen molar-refractivity contribution in [1.82, 2.24) is 9.55 Å². The summed E-state index contributed by atoms with van der Waals surface area (Å²) in [6.07, 6.45) is 6.31. The fourth-order valence-electron chi connectivity index (χ4n) is 1.75. The zero-order chi connectivity index (χ0) is 11.3. The van der Waals surface area contributed by atoms with Crippen molar-refractivity contribution in [3.05, 3.63) is 12.4 Å². The lowest BCUT2D eigenvalue weighted by Gasteiger charge is -2.18. The molecule has 0 bridgehead atoms. The Morgan fingerprint density at radius 1 is 1.40 bits per heavy atom. The largest absolute Gasteiger partial charge is 0.353 e. The van der Waals surface area contributed by atoms with Crippen LogP contribution in [0.2, 0.25) is 0 Å². The van der Waals surface area contributed by atoms with Crippen LogP contribution >= 0.6 is 0 Å². The number of hydrogen-bond donors (Lipinski definition) is 1. The van der Waals surface area contributed by atoms with Crippen LogP contribution in [-0.2, 0) is 6.54 Å². The third kappa shape index (κ3) is 3.57. The molecule has 86 valence electrons. The van der Waals surface area contributed by atoms with Gasteiger partial charge in [0, 0.05) is 25.0 Å². The highest BCUT2D eigenvalue weighted by atomic mass is 15.2. The Balaban J connectivity index is 2.47. The molecule has 15 heavy (non-hydrogen) atoms. The van der Waals surface area contributed by atoms with Crippen LogP contribution in [0, 0.1) is 5.92 Å². The predicted molar refractivity (Wildman–Crippen MR) is 65.1 cm³/mol. The van der Waals surface area contributed by atoms with Crippen molar-refractivity contribution in [1.29, 1.82) is 0 Å². The van der Waals surface area contributed by atoms with E-state index in [1.54, 1.807) is 0 Å². The van der Waals surface area contributed by atoms with Crippen LogP contribution in [0.1, 0.15) is 40.5 Å². The predicted octanol–water partition coefficient (Wildman–Crippen LogP) is 3.14. The molecule has 0 aliphatic rings. The number of aromatic nitrogens is 2. The highest BCUT2D eigenvalue weighted by Crippen LogP contribution is 2.13. The van der Waals surface area contributed by atoms with E-state index in [4.69, 9.17) is 0 Å². The quantitative estimate of drug-likeness (QED) is 0.780. The normalized spacial score (nSPS) is 14.9. The number of nitrogens with one attached hydrogen (secondary N) is 1. The second-order valence-electron chi connectivity index (χ2n) is 4.33. The Hall–Kier alpha value is -0.990. The third-order valence-corrected chi connectivity index (χ3v) is 2.88. The van der Waals surface area contributed by atoms with E-state index in [1.165, 1.54) is 12.8 Å². The molecule has 1 aromatic heterocycles. The Labute approximate surface area is 92.9 Å². The minimum absolute atomic E-state index is 0.493. The standard InChI is InChI=1S/C12H23N3/c1-5-10(3)9-11(4)14-12-13-7-8-15(12)6-2/h7-8,10-11H,5-6,9H2,1-4H3,(H,13,14). The molecule has 0 amide bonds. The first-order valence-electron chi connectivity index (χ1n) is 5.95. The van der Waals surface area contributed by atoms with E-state index in [-0.39, 0.29) is 0 Å². The summed E-state index contributed by atoms with van der Waals surface area (Å²) in [7, 11) is 0. The molecular formula is C12H23N3. The van der Waals surface area contributed by atoms with Crippen molar-refractivity contribution in [2.75, 3.05) is 5.32 Å². The summed E-state index contributed by atoms with van der Waals surface area (Å²) in [5, 5.41) is 3.46. The fourth-order valence-corrected chi connectivity index (χ4v) is 1.75. The lowest BCUT2D eigenvalue weighted by atomic mass is 10.0. The molecule has 1 rings (SSSR count). The second kappa shape index (κ2) is 5.79. The molecule has 0 aromatic carbocycles. The van der Waals surface area contributed by atoms with E-state index in [9.17, 15) is 0 Å². The molecule has 1 aromatic rings. The Bertz CT molecular complexity index is 280. The van der Waals surface area contributed by atoms with Crippen molar-refractivity contribution in [2.45, 2.75) is 53.1 Å². The monoisotopic (exact) mass is 209 g/mol. The Morgan fingerprint density at radius 2 is 2.13 bits per heavy atom. The highest BCUT2D eigenvalue weighted by molar-refractivity contribution is 5.27. The molecule has 0 saturated carbocycles. The molecule has 0 fully saturated rings. The SMILES string of the molecule is CCC(C)CC(C)Nc1nccn1CC. The topological polar surface area (TPSA) is 29.9 Å². The van der Waals surface area contributed by atoms with Crippen LogP contribution in [-0.4, -0.2) is 15.6 Å². The van der Waals surface area contributed by atoms with Crippen LogP contribution in [0.25, 0.3) is 0 Å². The number of nitrogens with zero attached hydrogens (tertiary/aromatic N) is 2. The van der Waals surface area contributed by atoms with E-state index < -0.39 is 0 Å². The number of aryl methyl sites for hydroxylation is 1. The van der Waals surface area contributed by atoms with Gasteiger partial charge in [-0.15, -0.1) is 0 Å². The van der Waals surface area contributed by atoms with Crippen molar-refractivity contribution in [3.63, 3.8) is 0 Å².